The molecule has 0 amide bonds. The molecule has 1 aromatic carbocycles. The maximum absolute atomic E-state index is 12.1. The Kier molecular flexibility index (Phi) is 8.39. The molecule has 0 unspecified atom stereocenters. The van der Waals surface area contributed by atoms with E-state index < -0.39 is 11.9 Å². The molecule has 0 radical (unpaired) electrons. The molecule has 0 saturated heterocycles. The van der Waals surface area contributed by atoms with Gasteiger partial charge in [-0.3, -0.25) is 19.2 Å². The molecule has 0 atom stereocenters. The molecule has 0 aliphatic heterocycles. The average Bonchev–Trinajstić information content (AvgIpc) is 2.58. The van der Waals surface area contributed by atoms with Crippen LogP contribution < -0.4 is 0 Å². The van der Waals surface area contributed by atoms with Gasteiger partial charge in [0, 0.05) is 24.0 Å². The van der Waals surface area contributed by atoms with Crippen molar-refractivity contribution in [2.24, 2.45) is 0 Å². The molecule has 6 heteroatoms. The number of carbonyl (C=O) groups is 4. The molecule has 0 N–H and O–H groups in total. The third-order valence-corrected chi connectivity index (χ3v) is 3.23. The van der Waals surface area contributed by atoms with Crippen LogP contribution in [0.5, 0.6) is 0 Å². The lowest BCUT2D eigenvalue weighted by Gasteiger charge is -2.05. The Morgan fingerprint density at radius 1 is 0.750 bits per heavy atom. The summed E-state index contributed by atoms with van der Waals surface area (Å²) in [4.78, 5) is 46.7. The Hall–Kier alpha value is -2.50. The SMILES string of the molecule is CCOC(=O)CCC(=O)c1cccc(C(=O)CCC(=O)OCC)c1. The lowest BCUT2D eigenvalue weighted by atomic mass is 10.0. The van der Waals surface area contributed by atoms with E-state index >= 15 is 0 Å². The summed E-state index contributed by atoms with van der Waals surface area (Å²) in [6.07, 6.45) is 0.0695. The van der Waals surface area contributed by atoms with Crippen molar-refractivity contribution >= 4 is 23.5 Å². The number of hydrogen-bond acceptors (Lipinski definition) is 6. The first kappa shape index (κ1) is 19.5. The highest BCUT2D eigenvalue weighted by Gasteiger charge is 2.14. The lowest BCUT2D eigenvalue weighted by molar-refractivity contribution is -0.143. The molecule has 0 aliphatic carbocycles. The van der Waals surface area contributed by atoms with Crippen molar-refractivity contribution in [1.29, 1.82) is 0 Å². The van der Waals surface area contributed by atoms with Gasteiger partial charge in [0.05, 0.1) is 26.1 Å². The van der Waals surface area contributed by atoms with Crippen molar-refractivity contribution in [2.45, 2.75) is 39.5 Å². The number of carbonyl (C=O) groups excluding carboxylic acids is 4. The van der Waals surface area contributed by atoms with Gasteiger partial charge < -0.3 is 9.47 Å². The van der Waals surface area contributed by atoms with Crippen LogP contribution in [0.1, 0.15) is 60.2 Å². The molecule has 6 nitrogen and oxygen atoms in total. The highest BCUT2D eigenvalue weighted by atomic mass is 16.5. The average molecular weight is 334 g/mol. The topological polar surface area (TPSA) is 86.7 Å². The van der Waals surface area contributed by atoms with Gasteiger partial charge in [0.15, 0.2) is 11.6 Å². The van der Waals surface area contributed by atoms with Gasteiger partial charge in [-0.15, -0.1) is 0 Å². The summed E-state index contributed by atoms with van der Waals surface area (Å²) in [5.74, 6) is -1.31. The smallest absolute Gasteiger partial charge is 0.306 e. The third kappa shape index (κ3) is 6.73. The van der Waals surface area contributed by atoms with Crippen LogP contribution in [-0.4, -0.2) is 36.7 Å². The first-order valence-electron chi connectivity index (χ1n) is 7.95. The van der Waals surface area contributed by atoms with Crippen LogP contribution in [0.25, 0.3) is 0 Å². The highest BCUT2D eigenvalue weighted by Crippen LogP contribution is 2.12. The summed E-state index contributed by atoms with van der Waals surface area (Å²) in [5, 5.41) is 0. The number of benzene rings is 1. The number of ether oxygens (including phenoxy) is 2. The standard InChI is InChI=1S/C18H22O6/c1-3-23-17(21)10-8-15(19)13-6-5-7-14(12-13)16(20)9-11-18(22)24-4-2/h5-7,12H,3-4,8-11H2,1-2H3. The zero-order valence-corrected chi connectivity index (χ0v) is 14.0. The summed E-state index contributed by atoms with van der Waals surface area (Å²) in [6.45, 7) is 3.95. The van der Waals surface area contributed by atoms with Crippen molar-refractivity contribution in [3.63, 3.8) is 0 Å². The molecule has 24 heavy (non-hydrogen) atoms. The van der Waals surface area contributed by atoms with Crippen LogP contribution in [-0.2, 0) is 19.1 Å². The summed E-state index contributed by atoms with van der Waals surface area (Å²) in [7, 11) is 0. The first-order valence-corrected chi connectivity index (χ1v) is 7.95. The van der Waals surface area contributed by atoms with Gasteiger partial charge in [-0.05, 0) is 19.9 Å². The molecule has 0 fully saturated rings. The fourth-order valence-electron chi connectivity index (χ4n) is 2.05. The van der Waals surface area contributed by atoms with E-state index in [4.69, 9.17) is 9.47 Å². The van der Waals surface area contributed by atoms with Crippen LogP contribution in [0.15, 0.2) is 24.3 Å². The Bertz CT molecular complexity index is 556. The van der Waals surface area contributed by atoms with E-state index in [-0.39, 0.29) is 50.5 Å². The summed E-state index contributed by atoms with van der Waals surface area (Å²) < 4.78 is 9.55. The van der Waals surface area contributed by atoms with E-state index in [0.29, 0.717) is 11.1 Å². The van der Waals surface area contributed by atoms with Gasteiger partial charge in [-0.1, -0.05) is 18.2 Å². The number of ketones is 2. The molecule has 0 heterocycles. The maximum atomic E-state index is 12.1. The normalized spacial score (nSPS) is 10.1. The number of rotatable bonds is 10. The highest BCUT2D eigenvalue weighted by molar-refractivity contribution is 6.02. The van der Waals surface area contributed by atoms with Crippen molar-refractivity contribution in [3.8, 4) is 0 Å². The predicted octanol–water partition coefficient (Wildman–Crippen LogP) is 2.74. The van der Waals surface area contributed by atoms with E-state index in [9.17, 15) is 19.2 Å². The second-order valence-electron chi connectivity index (χ2n) is 5.04. The van der Waals surface area contributed by atoms with Crippen LogP contribution in [0, 0.1) is 0 Å². The molecule has 0 aromatic heterocycles. The van der Waals surface area contributed by atoms with Gasteiger partial charge in [-0.25, -0.2) is 0 Å². The van der Waals surface area contributed by atoms with Crippen LogP contribution in [0.2, 0.25) is 0 Å². The van der Waals surface area contributed by atoms with E-state index in [1.807, 2.05) is 0 Å². The lowest BCUT2D eigenvalue weighted by Crippen LogP contribution is -2.10. The third-order valence-electron chi connectivity index (χ3n) is 3.23. The van der Waals surface area contributed by atoms with Crippen molar-refractivity contribution in [3.05, 3.63) is 35.4 Å². The summed E-state index contributed by atoms with van der Waals surface area (Å²) >= 11 is 0. The Morgan fingerprint density at radius 3 is 1.54 bits per heavy atom. The molecule has 0 bridgehead atoms. The summed E-state index contributed by atoms with van der Waals surface area (Å²) in [6, 6.07) is 6.28. The Balaban J connectivity index is 2.62. The number of hydrogen-bond donors (Lipinski definition) is 0. The Labute approximate surface area is 141 Å². The zero-order chi connectivity index (χ0) is 17.9. The minimum absolute atomic E-state index is 0.00764. The van der Waals surface area contributed by atoms with Gasteiger partial charge in [0.2, 0.25) is 0 Å². The van der Waals surface area contributed by atoms with E-state index in [0.717, 1.165) is 0 Å². The minimum Gasteiger partial charge on any atom is -0.466 e. The van der Waals surface area contributed by atoms with Crippen LogP contribution in [0.3, 0.4) is 0 Å². The van der Waals surface area contributed by atoms with Gasteiger partial charge in [-0.2, -0.15) is 0 Å². The first-order chi connectivity index (χ1) is 11.5. The predicted molar refractivity (Wildman–Crippen MR) is 86.8 cm³/mol. The molecule has 0 spiro atoms. The zero-order valence-electron chi connectivity index (χ0n) is 14.0. The molecule has 0 aliphatic rings. The Morgan fingerprint density at radius 2 is 1.17 bits per heavy atom. The van der Waals surface area contributed by atoms with E-state index in [1.165, 1.54) is 6.07 Å². The van der Waals surface area contributed by atoms with E-state index in [2.05, 4.69) is 0 Å². The minimum atomic E-state index is -0.424. The van der Waals surface area contributed by atoms with Crippen molar-refractivity contribution < 1.29 is 28.7 Å². The van der Waals surface area contributed by atoms with E-state index in [1.54, 1.807) is 32.0 Å². The second-order valence-corrected chi connectivity index (χ2v) is 5.04. The second kappa shape index (κ2) is 10.3. The fraction of sp³-hybridized carbons (Fsp3) is 0.444. The monoisotopic (exact) mass is 334 g/mol. The molecular weight excluding hydrogens is 312 g/mol. The molecule has 130 valence electrons. The largest absolute Gasteiger partial charge is 0.466 e. The van der Waals surface area contributed by atoms with Gasteiger partial charge in [0.25, 0.3) is 0 Å². The number of esters is 2. The van der Waals surface area contributed by atoms with Gasteiger partial charge in [0.1, 0.15) is 0 Å². The summed E-state index contributed by atoms with van der Waals surface area (Å²) in [5.41, 5.74) is 0.725. The molecule has 0 saturated carbocycles. The van der Waals surface area contributed by atoms with Crippen molar-refractivity contribution in [1.82, 2.24) is 0 Å². The molecular formula is C18H22O6. The van der Waals surface area contributed by atoms with Crippen LogP contribution >= 0.6 is 0 Å². The number of Topliss-reactive ketones (excluding diaryl/α,β-unsaturated/α-hetero) is 2. The van der Waals surface area contributed by atoms with Gasteiger partial charge >= 0.3 is 11.9 Å². The van der Waals surface area contributed by atoms with Crippen molar-refractivity contribution in [2.75, 3.05) is 13.2 Å². The van der Waals surface area contributed by atoms with Crippen LogP contribution in [0.4, 0.5) is 0 Å². The quantitative estimate of drug-likeness (QED) is 0.483. The fourth-order valence-corrected chi connectivity index (χ4v) is 2.05. The molecule has 1 aromatic rings. The maximum Gasteiger partial charge on any atom is 0.306 e. The molecule has 1 rings (SSSR count).